The molecule has 0 aliphatic carbocycles. The van der Waals surface area contributed by atoms with Crippen molar-refractivity contribution in [2.45, 2.75) is 19.5 Å². The van der Waals surface area contributed by atoms with E-state index in [9.17, 15) is 0 Å². The third kappa shape index (κ3) is 3.30. The van der Waals surface area contributed by atoms with E-state index >= 15 is 0 Å². The van der Waals surface area contributed by atoms with Gasteiger partial charge < -0.3 is 0 Å². The molecule has 4 nitrogen and oxygen atoms in total. The van der Waals surface area contributed by atoms with Crippen molar-refractivity contribution in [3.63, 3.8) is 0 Å². The van der Waals surface area contributed by atoms with Crippen molar-refractivity contribution in [3.8, 4) is 10.7 Å². The zero-order valence-corrected chi connectivity index (χ0v) is 15.1. The van der Waals surface area contributed by atoms with Gasteiger partial charge in [0.05, 0.1) is 15.6 Å². The number of aromatic nitrogens is 3. The first-order valence-electron chi connectivity index (χ1n) is 7.60. The van der Waals surface area contributed by atoms with Crippen LogP contribution in [0.1, 0.15) is 16.8 Å². The minimum atomic E-state index is 0.509. The van der Waals surface area contributed by atoms with E-state index in [1.807, 2.05) is 23.7 Å². The molecular weight excluding hydrogens is 363 g/mol. The van der Waals surface area contributed by atoms with E-state index in [0.717, 1.165) is 48.0 Å². The molecule has 4 heterocycles. The number of rotatable bonds is 3. The summed E-state index contributed by atoms with van der Waals surface area (Å²) in [5.41, 5.74) is 3.26. The molecule has 0 N–H and O–H groups in total. The molecule has 3 aromatic rings. The highest BCUT2D eigenvalue weighted by Gasteiger charge is 2.20. The van der Waals surface area contributed by atoms with E-state index < -0.39 is 0 Å². The highest BCUT2D eigenvalue weighted by Crippen LogP contribution is 2.26. The smallest absolute Gasteiger partial charge is 0.169 e. The molecule has 1 aliphatic heterocycles. The number of fused-ring (bicyclic) bond motifs is 1. The molecule has 0 spiro atoms. The quantitative estimate of drug-likeness (QED) is 0.632. The number of halogens is 2. The molecule has 24 heavy (non-hydrogen) atoms. The second-order valence-corrected chi connectivity index (χ2v) is 7.45. The molecule has 3 aromatic heterocycles. The van der Waals surface area contributed by atoms with Crippen molar-refractivity contribution in [1.82, 2.24) is 19.9 Å². The van der Waals surface area contributed by atoms with Crippen LogP contribution in [0.4, 0.5) is 0 Å². The minimum Gasteiger partial charge on any atom is -0.294 e. The number of pyridine rings is 1. The van der Waals surface area contributed by atoms with Crippen LogP contribution in [-0.2, 0) is 19.5 Å². The summed E-state index contributed by atoms with van der Waals surface area (Å²) in [5.74, 6) is 0.819. The first-order chi connectivity index (χ1) is 11.7. The van der Waals surface area contributed by atoms with Crippen LogP contribution in [0.15, 0.2) is 36.0 Å². The fourth-order valence-corrected chi connectivity index (χ4v) is 3.86. The third-order valence-electron chi connectivity index (χ3n) is 4.03. The summed E-state index contributed by atoms with van der Waals surface area (Å²) in [6.07, 6.45) is 4.42. The fraction of sp³-hybridized carbons (Fsp3) is 0.235. The van der Waals surface area contributed by atoms with Gasteiger partial charge in [0.15, 0.2) is 5.82 Å². The zero-order chi connectivity index (χ0) is 16.5. The first kappa shape index (κ1) is 16.0. The molecule has 0 atom stereocenters. The second-order valence-electron chi connectivity index (χ2n) is 5.71. The minimum absolute atomic E-state index is 0.509. The topological polar surface area (TPSA) is 41.9 Å². The molecule has 0 amide bonds. The molecule has 7 heteroatoms. The van der Waals surface area contributed by atoms with Crippen molar-refractivity contribution >= 4 is 34.5 Å². The summed E-state index contributed by atoms with van der Waals surface area (Å²) in [6, 6.07) is 5.95. The fourth-order valence-electron chi connectivity index (χ4n) is 2.85. The molecule has 0 fully saturated rings. The van der Waals surface area contributed by atoms with Crippen LogP contribution >= 0.6 is 34.5 Å². The van der Waals surface area contributed by atoms with Crippen molar-refractivity contribution in [3.05, 3.63) is 63.0 Å². The molecule has 1 aliphatic rings. The van der Waals surface area contributed by atoms with Gasteiger partial charge in [-0.25, -0.2) is 15.0 Å². The van der Waals surface area contributed by atoms with Crippen LogP contribution in [-0.4, -0.2) is 26.4 Å². The lowest BCUT2D eigenvalue weighted by Gasteiger charge is -2.28. The maximum absolute atomic E-state index is 6.17. The van der Waals surface area contributed by atoms with E-state index in [4.69, 9.17) is 28.2 Å². The van der Waals surface area contributed by atoms with Crippen LogP contribution in [0.5, 0.6) is 0 Å². The van der Waals surface area contributed by atoms with Gasteiger partial charge in [-0.2, -0.15) is 0 Å². The molecule has 0 aromatic carbocycles. The van der Waals surface area contributed by atoms with Gasteiger partial charge in [0, 0.05) is 49.6 Å². The summed E-state index contributed by atoms with van der Waals surface area (Å²) >= 11 is 13.9. The lowest BCUT2D eigenvalue weighted by molar-refractivity contribution is 0.243. The summed E-state index contributed by atoms with van der Waals surface area (Å²) in [7, 11) is 0. The Morgan fingerprint density at radius 3 is 2.96 bits per heavy atom. The highest BCUT2D eigenvalue weighted by atomic mass is 35.5. The van der Waals surface area contributed by atoms with Gasteiger partial charge >= 0.3 is 0 Å². The van der Waals surface area contributed by atoms with E-state index in [1.165, 1.54) is 5.56 Å². The predicted octanol–water partition coefficient (Wildman–Crippen LogP) is 4.47. The van der Waals surface area contributed by atoms with E-state index in [1.54, 1.807) is 17.5 Å². The Bertz CT molecular complexity index is 867. The van der Waals surface area contributed by atoms with E-state index in [2.05, 4.69) is 20.9 Å². The molecule has 0 unspecified atom stereocenters. The Morgan fingerprint density at radius 2 is 2.12 bits per heavy atom. The van der Waals surface area contributed by atoms with Gasteiger partial charge in [-0.1, -0.05) is 29.3 Å². The van der Waals surface area contributed by atoms with E-state index in [0.29, 0.717) is 10.2 Å². The van der Waals surface area contributed by atoms with Gasteiger partial charge in [-0.05, 0) is 17.5 Å². The van der Waals surface area contributed by atoms with Crippen LogP contribution in [0.25, 0.3) is 10.7 Å². The lowest BCUT2D eigenvalue weighted by Crippen LogP contribution is -2.31. The molecule has 122 valence electrons. The Balaban J connectivity index is 1.53. The largest absolute Gasteiger partial charge is 0.294 e. The Kier molecular flexibility index (Phi) is 4.50. The number of nitrogens with zero attached hydrogens (tertiary/aromatic N) is 4. The Labute approximate surface area is 154 Å². The average molecular weight is 377 g/mol. The SMILES string of the molecule is Clc1cnc(Cl)c(CN2CCc3nc(-c4cccs4)ncc3C2)c1. The maximum atomic E-state index is 6.17. The predicted molar refractivity (Wildman–Crippen MR) is 97.4 cm³/mol. The molecule has 0 saturated carbocycles. The molecule has 0 bridgehead atoms. The lowest BCUT2D eigenvalue weighted by atomic mass is 10.1. The monoisotopic (exact) mass is 376 g/mol. The first-order valence-corrected chi connectivity index (χ1v) is 9.23. The summed E-state index contributed by atoms with van der Waals surface area (Å²) < 4.78 is 0. The van der Waals surface area contributed by atoms with Crippen molar-refractivity contribution in [2.75, 3.05) is 6.54 Å². The zero-order valence-electron chi connectivity index (χ0n) is 12.7. The molecule has 0 radical (unpaired) electrons. The van der Waals surface area contributed by atoms with Crippen molar-refractivity contribution in [2.24, 2.45) is 0 Å². The summed E-state index contributed by atoms with van der Waals surface area (Å²) in [4.78, 5) is 16.8. The van der Waals surface area contributed by atoms with Gasteiger partial charge in [-0.15, -0.1) is 11.3 Å². The van der Waals surface area contributed by atoms with Crippen molar-refractivity contribution < 1.29 is 0 Å². The second kappa shape index (κ2) is 6.76. The van der Waals surface area contributed by atoms with Gasteiger partial charge in [0.2, 0.25) is 0 Å². The normalized spacial score (nSPS) is 14.6. The van der Waals surface area contributed by atoms with Crippen LogP contribution in [0, 0.1) is 0 Å². The Hall–Kier alpha value is -1.53. The summed E-state index contributed by atoms with van der Waals surface area (Å²) in [5, 5.41) is 3.16. The van der Waals surface area contributed by atoms with E-state index in [-0.39, 0.29) is 0 Å². The van der Waals surface area contributed by atoms with Crippen LogP contribution in [0.3, 0.4) is 0 Å². The molecule has 4 rings (SSSR count). The highest BCUT2D eigenvalue weighted by molar-refractivity contribution is 7.13. The maximum Gasteiger partial charge on any atom is 0.169 e. The van der Waals surface area contributed by atoms with Gasteiger partial charge in [-0.3, -0.25) is 4.90 Å². The van der Waals surface area contributed by atoms with Gasteiger partial charge in [0.1, 0.15) is 5.15 Å². The van der Waals surface area contributed by atoms with Gasteiger partial charge in [0.25, 0.3) is 0 Å². The number of hydrogen-bond acceptors (Lipinski definition) is 5. The average Bonchev–Trinajstić information content (AvgIpc) is 3.12. The molecular formula is C17H14Cl2N4S. The van der Waals surface area contributed by atoms with Crippen LogP contribution < -0.4 is 0 Å². The third-order valence-corrected chi connectivity index (χ3v) is 5.44. The number of thiophene rings is 1. The molecule has 0 saturated heterocycles. The van der Waals surface area contributed by atoms with Crippen molar-refractivity contribution in [1.29, 1.82) is 0 Å². The van der Waals surface area contributed by atoms with Crippen LogP contribution in [0.2, 0.25) is 10.2 Å². The number of hydrogen-bond donors (Lipinski definition) is 0. The summed E-state index contributed by atoms with van der Waals surface area (Å²) in [6.45, 7) is 2.46. The Morgan fingerprint density at radius 1 is 1.21 bits per heavy atom. The standard InChI is InChI=1S/C17H14Cl2N4S/c18-13-6-11(16(19)20-8-13)9-23-4-3-14-12(10-23)7-21-17(22-14)15-2-1-5-24-15/h1-2,5-8H,3-4,9-10H2.